The Kier molecular flexibility index (Phi) is 5.11. The molecule has 0 unspecified atom stereocenters. The van der Waals surface area contributed by atoms with Crippen LogP contribution in [-0.4, -0.2) is 28.1 Å². The van der Waals surface area contributed by atoms with Crippen LogP contribution >= 0.6 is 0 Å². The molecule has 0 atom stereocenters. The van der Waals surface area contributed by atoms with Crippen molar-refractivity contribution in [1.82, 2.24) is 10.1 Å². The zero-order valence-electron chi connectivity index (χ0n) is 14.5. The summed E-state index contributed by atoms with van der Waals surface area (Å²) in [4.78, 5) is 26.3. The van der Waals surface area contributed by atoms with Crippen LogP contribution in [0.2, 0.25) is 0 Å². The Morgan fingerprint density at radius 3 is 2.78 bits per heavy atom. The van der Waals surface area contributed by atoms with Crippen molar-refractivity contribution < 1.29 is 23.7 Å². The minimum absolute atomic E-state index is 0.0189. The summed E-state index contributed by atoms with van der Waals surface area (Å²) in [6.07, 6.45) is 0. The largest absolute Gasteiger partial charge is 0.478 e. The third-order valence-corrected chi connectivity index (χ3v) is 3.67. The molecule has 0 bridgehead atoms. The fourth-order valence-corrected chi connectivity index (χ4v) is 2.38. The lowest BCUT2D eigenvalue weighted by Gasteiger charge is -2.06. The number of hydrogen-bond acceptors (Lipinski definition) is 8. The third-order valence-electron chi connectivity index (χ3n) is 3.67. The number of nitro groups is 1. The van der Waals surface area contributed by atoms with E-state index in [1.54, 1.807) is 0 Å². The summed E-state index contributed by atoms with van der Waals surface area (Å²) in [7, 11) is 1.20. The number of esters is 1. The van der Waals surface area contributed by atoms with Gasteiger partial charge in [-0.2, -0.15) is 4.98 Å². The van der Waals surface area contributed by atoms with Gasteiger partial charge in [0.25, 0.3) is 5.89 Å². The highest BCUT2D eigenvalue weighted by atomic mass is 16.6. The first-order valence-corrected chi connectivity index (χ1v) is 7.87. The van der Waals surface area contributed by atoms with Crippen molar-refractivity contribution in [1.29, 1.82) is 0 Å². The van der Waals surface area contributed by atoms with Crippen LogP contribution in [0, 0.1) is 17.0 Å². The molecule has 0 aliphatic rings. The maximum absolute atomic E-state index is 11.5. The summed E-state index contributed by atoms with van der Waals surface area (Å²) in [5.74, 6) is -0.133. The molecule has 0 saturated carbocycles. The van der Waals surface area contributed by atoms with Crippen molar-refractivity contribution in [2.45, 2.75) is 13.5 Å². The van der Waals surface area contributed by atoms with E-state index in [9.17, 15) is 14.9 Å². The number of carbonyl (C=O) groups is 1. The number of benzene rings is 2. The maximum atomic E-state index is 11.5. The van der Waals surface area contributed by atoms with E-state index in [4.69, 9.17) is 9.26 Å². The molecular formula is C18H15N3O6. The Morgan fingerprint density at radius 2 is 2.07 bits per heavy atom. The van der Waals surface area contributed by atoms with Crippen molar-refractivity contribution >= 4 is 11.7 Å². The van der Waals surface area contributed by atoms with Crippen LogP contribution in [0.3, 0.4) is 0 Å². The first kappa shape index (κ1) is 18.1. The normalized spacial score (nSPS) is 10.4. The van der Waals surface area contributed by atoms with Gasteiger partial charge in [0.1, 0.15) is 0 Å². The smallest absolute Gasteiger partial charge is 0.338 e. The number of hydrogen-bond donors (Lipinski definition) is 0. The zero-order chi connectivity index (χ0) is 19.4. The molecule has 138 valence electrons. The number of ether oxygens (including phenoxy) is 2. The topological polar surface area (TPSA) is 118 Å². The standard InChI is InChI=1S/C18H15N3O6/c1-11-4-3-5-12(8-11)17-19-16(20-27-17)10-26-15-7-6-13(18(22)25-2)9-14(15)21(23)24/h3-9H,10H2,1-2H3. The van der Waals surface area contributed by atoms with Crippen molar-refractivity contribution in [2.75, 3.05) is 7.11 Å². The van der Waals surface area contributed by atoms with Gasteiger partial charge in [0, 0.05) is 11.6 Å². The Labute approximate surface area is 153 Å². The minimum Gasteiger partial charge on any atom is -0.478 e. The molecule has 0 amide bonds. The fraction of sp³-hybridized carbons (Fsp3) is 0.167. The Bertz CT molecular complexity index is 998. The fourth-order valence-electron chi connectivity index (χ4n) is 2.38. The second kappa shape index (κ2) is 7.65. The van der Waals surface area contributed by atoms with Crippen molar-refractivity contribution in [2.24, 2.45) is 0 Å². The average Bonchev–Trinajstić information content (AvgIpc) is 3.14. The monoisotopic (exact) mass is 369 g/mol. The molecule has 1 heterocycles. The molecule has 3 aromatic rings. The minimum atomic E-state index is -0.675. The number of nitrogens with zero attached hydrogens (tertiary/aromatic N) is 3. The van der Waals surface area contributed by atoms with Crippen LogP contribution in [0.5, 0.6) is 5.75 Å². The van der Waals surface area contributed by atoms with Gasteiger partial charge < -0.3 is 14.0 Å². The second-order valence-electron chi connectivity index (χ2n) is 5.61. The highest BCUT2D eigenvalue weighted by molar-refractivity contribution is 5.90. The predicted molar refractivity (Wildman–Crippen MR) is 93.2 cm³/mol. The molecule has 0 fully saturated rings. The second-order valence-corrected chi connectivity index (χ2v) is 5.61. The van der Waals surface area contributed by atoms with E-state index in [2.05, 4.69) is 14.9 Å². The van der Waals surface area contributed by atoms with E-state index in [1.165, 1.54) is 19.2 Å². The van der Waals surface area contributed by atoms with Gasteiger partial charge in [-0.1, -0.05) is 22.9 Å². The lowest BCUT2D eigenvalue weighted by atomic mass is 10.1. The van der Waals surface area contributed by atoms with Crippen molar-refractivity contribution in [3.63, 3.8) is 0 Å². The third kappa shape index (κ3) is 4.09. The van der Waals surface area contributed by atoms with Crippen LogP contribution in [0.15, 0.2) is 47.0 Å². The first-order valence-electron chi connectivity index (χ1n) is 7.87. The highest BCUT2D eigenvalue weighted by Crippen LogP contribution is 2.29. The number of rotatable bonds is 6. The molecule has 9 heteroatoms. The van der Waals surface area contributed by atoms with Crippen LogP contribution in [0.25, 0.3) is 11.5 Å². The molecule has 2 aromatic carbocycles. The van der Waals surface area contributed by atoms with Gasteiger partial charge in [-0.05, 0) is 31.2 Å². The maximum Gasteiger partial charge on any atom is 0.338 e. The van der Waals surface area contributed by atoms with E-state index in [0.29, 0.717) is 5.89 Å². The number of aryl methyl sites for hydroxylation is 1. The van der Waals surface area contributed by atoms with Gasteiger partial charge in [-0.3, -0.25) is 10.1 Å². The van der Waals surface area contributed by atoms with Gasteiger partial charge in [-0.15, -0.1) is 0 Å². The first-order chi connectivity index (χ1) is 13.0. The number of carbonyl (C=O) groups excluding carboxylic acids is 1. The predicted octanol–water partition coefficient (Wildman–Crippen LogP) is 3.32. The van der Waals surface area contributed by atoms with Gasteiger partial charge in [0.05, 0.1) is 17.6 Å². The molecule has 0 radical (unpaired) electrons. The number of nitro benzene ring substituents is 1. The van der Waals surface area contributed by atoms with Gasteiger partial charge in [0.15, 0.2) is 12.4 Å². The van der Waals surface area contributed by atoms with Crippen molar-refractivity contribution in [3.05, 3.63) is 69.5 Å². The molecule has 0 aliphatic carbocycles. The van der Waals surface area contributed by atoms with Crippen molar-refractivity contribution in [3.8, 4) is 17.2 Å². The molecular weight excluding hydrogens is 354 g/mol. The average molecular weight is 369 g/mol. The van der Waals surface area contributed by atoms with E-state index in [-0.39, 0.29) is 29.4 Å². The molecule has 1 aromatic heterocycles. The summed E-state index contributed by atoms with van der Waals surface area (Å²) in [5.41, 5.74) is 1.50. The molecule has 0 spiro atoms. The Morgan fingerprint density at radius 1 is 1.26 bits per heavy atom. The number of methoxy groups -OCH3 is 1. The molecule has 0 aliphatic heterocycles. The van der Waals surface area contributed by atoms with Crippen LogP contribution in [0.4, 0.5) is 5.69 Å². The molecule has 0 saturated heterocycles. The molecule has 0 N–H and O–H groups in total. The summed E-state index contributed by atoms with van der Waals surface area (Å²) in [5, 5.41) is 15.1. The zero-order valence-corrected chi connectivity index (χ0v) is 14.5. The number of aromatic nitrogens is 2. The lowest BCUT2D eigenvalue weighted by molar-refractivity contribution is -0.386. The Hall–Kier alpha value is -3.75. The molecule has 9 nitrogen and oxygen atoms in total. The molecule has 27 heavy (non-hydrogen) atoms. The van der Waals surface area contributed by atoms with E-state index in [0.717, 1.165) is 17.2 Å². The summed E-state index contributed by atoms with van der Waals surface area (Å²) >= 11 is 0. The van der Waals surface area contributed by atoms with E-state index < -0.39 is 10.9 Å². The quantitative estimate of drug-likeness (QED) is 0.369. The van der Waals surface area contributed by atoms with Crippen LogP contribution in [0.1, 0.15) is 21.7 Å². The summed E-state index contributed by atoms with van der Waals surface area (Å²) in [6.45, 7) is 1.81. The lowest BCUT2D eigenvalue weighted by Crippen LogP contribution is -2.05. The van der Waals surface area contributed by atoms with E-state index >= 15 is 0 Å². The van der Waals surface area contributed by atoms with Crippen LogP contribution < -0.4 is 4.74 Å². The van der Waals surface area contributed by atoms with E-state index in [1.807, 2.05) is 31.2 Å². The Balaban J connectivity index is 1.77. The van der Waals surface area contributed by atoms with Gasteiger partial charge in [0.2, 0.25) is 5.82 Å². The SMILES string of the molecule is COC(=O)c1ccc(OCc2noc(-c3cccc(C)c3)n2)c([N+](=O)[O-])c1. The van der Waals surface area contributed by atoms with Gasteiger partial charge in [-0.25, -0.2) is 4.79 Å². The van der Waals surface area contributed by atoms with Crippen LogP contribution in [-0.2, 0) is 11.3 Å². The molecule has 3 rings (SSSR count). The summed E-state index contributed by atoms with van der Waals surface area (Å²) < 4.78 is 15.2. The highest BCUT2D eigenvalue weighted by Gasteiger charge is 2.20. The van der Waals surface area contributed by atoms with Gasteiger partial charge >= 0.3 is 11.7 Å². The summed E-state index contributed by atoms with van der Waals surface area (Å²) in [6, 6.07) is 11.3.